The number of hydrogen-bond acceptors (Lipinski definition) is 5. The third kappa shape index (κ3) is 3.71. The molecule has 4 rings (SSSR count). The highest BCUT2D eigenvalue weighted by Gasteiger charge is 2.14. The van der Waals surface area contributed by atoms with Crippen molar-refractivity contribution < 1.29 is 9.53 Å². The Labute approximate surface area is 171 Å². The van der Waals surface area contributed by atoms with E-state index in [9.17, 15) is 9.59 Å². The Kier molecular flexibility index (Phi) is 5.03. The molecule has 0 aliphatic rings. The second-order valence-corrected chi connectivity index (χ2v) is 7.26. The highest BCUT2D eigenvalue weighted by molar-refractivity contribution is 6.30. The summed E-state index contributed by atoms with van der Waals surface area (Å²) in [4.78, 5) is 28.7. The zero-order valence-electron chi connectivity index (χ0n) is 16.0. The van der Waals surface area contributed by atoms with Crippen LogP contribution < -0.4 is 5.56 Å². The average Bonchev–Trinajstić information content (AvgIpc) is 2.72. The Morgan fingerprint density at radius 2 is 1.90 bits per heavy atom. The van der Waals surface area contributed by atoms with Gasteiger partial charge in [0.25, 0.3) is 5.56 Å². The lowest BCUT2D eigenvalue weighted by molar-refractivity contribution is -0.144. The van der Waals surface area contributed by atoms with Crippen LogP contribution in [0.3, 0.4) is 0 Å². The summed E-state index contributed by atoms with van der Waals surface area (Å²) >= 11 is 6.31. The average molecular weight is 408 g/mol. The van der Waals surface area contributed by atoms with Gasteiger partial charge in [-0.05, 0) is 37.1 Å². The van der Waals surface area contributed by atoms with Crippen molar-refractivity contribution in [1.29, 1.82) is 0 Å². The van der Waals surface area contributed by atoms with E-state index in [0.29, 0.717) is 27.2 Å². The van der Waals surface area contributed by atoms with Crippen LogP contribution in [0.15, 0.2) is 47.3 Å². The van der Waals surface area contributed by atoms with Gasteiger partial charge in [0.05, 0.1) is 23.0 Å². The lowest BCUT2D eigenvalue weighted by atomic mass is 10.0. The first kappa shape index (κ1) is 19.1. The number of nitrogens with zero attached hydrogens (tertiary/aromatic N) is 2. The van der Waals surface area contributed by atoms with Gasteiger partial charge in [-0.3, -0.25) is 9.59 Å². The minimum Gasteiger partial charge on any atom is -0.460 e. The van der Waals surface area contributed by atoms with Crippen molar-refractivity contribution in [3.05, 3.63) is 80.4 Å². The maximum atomic E-state index is 12.4. The van der Waals surface area contributed by atoms with Crippen LogP contribution in [0.4, 0.5) is 0 Å². The van der Waals surface area contributed by atoms with Crippen LogP contribution in [-0.4, -0.2) is 21.2 Å². The number of nitrogens with one attached hydrogen (secondary N) is 1. The van der Waals surface area contributed by atoms with E-state index >= 15 is 0 Å². The third-order valence-electron chi connectivity index (χ3n) is 5.01. The molecule has 0 spiro atoms. The van der Waals surface area contributed by atoms with E-state index < -0.39 is 5.97 Å². The molecule has 2 aromatic heterocycles. The van der Waals surface area contributed by atoms with Crippen LogP contribution in [0, 0.1) is 13.8 Å². The van der Waals surface area contributed by atoms with Crippen molar-refractivity contribution in [3.63, 3.8) is 0 Å². The molecule has 146 valence electrons. The summed E-state index contributed by atoms with van der Waals surface area (Å²) in [6.07, 6.45) is -0.0613. The molecular weight excluding hydrogens is 390 g/mol. The number of fused-ring (bicyclic) bond motifs is 2. The number of carbonyl (C=O) groups excluding carboxylic acids is 1. The van der Waals surface area contributed by atoms with Crippen molar-refractivity contribution in [3.8, 4) is 0 Å². The molecule has 0 atom stereocenters. The van der Waals surface area contributed by atoms with Crippen LogP contribution in [-0.2, 0) is 22.6 Å². The number of H-pyrrole nitrogens is 1. The van der Waals surface area contributed by atoms with Gasteiger partial charge in [-0.25, -0.2) is 10.1 Å². The molecule has 0 aliphatic carbocycles. The molecule has 29 heavy (non-hydrogen) atoms. The SMILES string of the molecule is Cc1ccc2cc(COC(=O)Cc3n[nH]c(=O)c4ccccc34)c(Cl)nc2c1C. The van der Waals surface area contributed by atoms with Crippen molar-refractivity contribution in [2.75, 3.05) is 0 Å². The predicted octanol–water partition coefficient (Wildman–Crippen LogP) is 4.03. The summed E-state index contributed by atoms with van der Waals surface area (Å²) in [5, 5.41) is 8.78. The first-order valence-corrected chi connectivity index (χ1v) is 9.49. The summed E-state index contributed by atoms with van der Waals surface area (Å²) in [7, 11) is 0. The fourth-order valence-electron chi connectivity index (χ4n) is 3.26. The Morgan fingerprint density at radius 3 is 2.69 bits per heavy atom. The van der Waals surface area contributed by atoms with Crippen molar-refractivity contribution in [1.82, 2.24) is 15.2 Å². The van der Waals surface area contributed by atoms with E-state index in [1.165, 1.54) is 0 Å². The van der Waals surface area contributed by atoms with E-state index in [1.807, 2.05) is 32.0 Å². The molecule has 1 N–H and O–H groups in total. The number of rotatable bonds is 4. The molecule has 6 nitrogen and oxygen atoms in total. The van der Waals surface area contributed by atoms with Crippen molar-refractivity contribution in [2.45, 2.75) is 26.9 Å². The van der Waals surface area contributed by atoms with E-state index in [-0.39, 0.29) is 18.6 Å². The summed E-state index contributed by atoms with van der Waals surface area (Å²) in [6.45, 7) is 4.03. The molecule has 0 bridgehead atoms. The molecule has 7 heteroatoms. The van der Waals surface area contributed by atoms with E-state index in [1.54, 1.807) is 24.3 Å². The second kappa shape index (κ2) is 7.64. The quantitative estimate of drug-likeness (QED) is 0.408. The normalized spacial score (nSPS) is 11.1. The standard InChI is InChI=1S/C22H18ClN3O3/c1-12-7-8-14-9-15(21(23)24-20(14)13(12)2)11-29-19(27)10-18-16-5-3-4-6-17(16)22(28)26-25-18/h3-9H,10-11H2,1-2H3,(H,26,28). The molecule has 0 fully saturated rings. The molecule has 0 radical (unpaired) electrons. The number of aromatic nitrogens is 3. The largest absolute Gasteiger partial charge is 0.460 e. The summed E-state index contributed by atoms with van der Waals surface area (Å²) in [5.41, 5.74) is 3.85. The highest BCUT2D eigenvalue weighted by atomic mass is 35.5. The number of aromatic amines is 1. The topological polar surface area (TPSA) is 84.9 Å². The lowest BCUT2D eigenvalue weighted by Gasteiger charge is -2.10. The minimum atomic E-state index is -0.467. The monoisotopic (exact) mass is 407 g/mol. The van der Waals surface area contributed by atoms with Gasteiger partial charge in [-0.15, -0.1) is 0 Å². The van der Waals surface area contributed by atoms with Gasteiger partial charge in [-0.1, -0.05) is 41.9 Å². The molecule has 2 aromatic carbocycles. The van der Waals surface area contributed by atoms with Crippen molar-refractivity contribution in [2.24, 2.45) is 0 Å². The third-order valence-corrected chi connectivity index (χ3v) is 5.34. The van der Waals surface area contributed by atoms with E-state index in [4.69, 9.17) is 16.3 Å². The Bertz CT molecular complexity index is 1310. The minimum absolute atomic E-state index is 0.00875. The number of halogens is 1. The number of benzene rings is 2. The number of aryl methyl sites for hydroxylation is 2. The molecular formula is C22H18ClN3O3. The van der Waals surface area contributed by atoms with Crippen LogP contribution in [0.1, 0.15) is 22.4 Å². The number of ether oxygens (including phenoxy) is 1. The van der Waals surface area contributed by atoms with E-state index in [0.717, 1.165) is 22.0 Å². The van der Waals surface area contributed by atoms with Gasteiger partial charge >= 0.3 is 5.97 Å². The Balaban J connectivity index is 1.53. The molecule has 2 heterocycles. The number of pyridine rings is 1. The maximum absolute atomic E-state index is 12.4. The maximum Gasteiger partial charge on any atom is 0.312 e. The molecule has 0 amide bonds. The lowest BCUT2D eigenvalue weighted by Crippen LogP contribution is -2.15. The summed E-state index contributed by atoms with van der Waals surface area (Å²) in [5.74, 6) is -0.467. The summed E-state index contributed by atoms with van der Waals surface area (Å²) < 4.78 is 5.40. The van der Waals surface area contributed by atoms with Crippen LogP contribution in [0.5, 0.6) is 0 Å². The highest BCUT2D eigenvalue weighted by Crippen LogP contribution is 2.25. The zero-order chi connectivity index (χ0) is 20.5. The number of esters is 1. The molecule has 4 aromatic rings. The predicted molar refractivity (Wildman–Crippen MR) is 112 cm³/mol. The first-order valence-electron chi connectivity index (χ1n) is 9.11. The van der Waals surface area contributed by atoms with Gasteiger partial charge in [0.1, 0.15) is 11.8 Å². The van der Waals surface area contributed by atoms with Crippen LogP contribution in [0.25, 0.3) is 21.7 Å². The van der Waals surface area contributed by atoms with Gasteiger partial charge in [0.2, 0.25) is 0 Å². The molecule has 0 saturated heterocycles. The van der Waals surface area contributed by atoms with Gasteiger partial charge in [0.15, 0.2) is 0 Å². The fourth-order valence-corrected chi connectivity index (χ4v) is 3.45. The van der Waals surface area contributed by atoms with Crippen LogP contribution in [0.2, 0.25) is 5.15 Å². The number of carbonyl (C=O) groups is 1. The molecule has 0 saturated carbocycles. The zero-order valence-corrected chi connectivity index (χ0v) is 16.7. The number of hydrogen-bond donors (Lipinski definition) is 1. The van der Waals surface area contributed by atoms with Gasteiger partial charge in [0, 0.05) is 16.3 Å². The second-order valence-electron chi connectivity index (χ2n) is 6.90. The first-order chi connectivity index (χ1) is 13.9. The Hall–Kier alpha value is -3.25. The van der Waals surface area contributed by atoms with Crippen molar-refractivity contribution >= 4 is 39.2 Å². The van der Waals surface area contributed by atoms with E-state index in [2.05, 4.69) is 15.2 Å². The van der Waals surface area contributed by atoms with Gasteiger partial charge < -0.3 is 4.74 Å². The van der Waals surface area contributed by atoms with Gasteiger partial charge in [-0.2, -0.15) is 5.10 Å². The Morgan fingerprint density at radius 1 is 1.14 bits per heavy atom. The van der Waals surface area contributed by atoms with Crippen LogP contribution >= 0.6 is 11.6 Å². The smallest absolute Gasteiger partial charge is 0.312 e. The molecule has 0 aliphatic heterocycles. The molecule has 0 unspecified atom stereocenters. The summed E-state index contributed by atoms with van der Waals surface area (Å²) in [6, 6.07) is 12.9. The fraction of sp³-hybridized carbons (Fsp3) is 0.182.